The summed E-state index contributed by atoms with van der Waals surface area (Å²) in [6, 6.07) is 0. The molecular weight excluding hydrogens is 313 g/mol. The summed E-state index contributed by atoms with van der Waals surface area (Å²) in [6.45, 7) is 7.09. The fourth-order valence-corrected chi connectivity index (χ4v) is 3.43. The summed E-state index contributed by atoms with van der Waals surface area (Å²) in [7, 11) is -3.15. The summed E-state index contributed by atoms with van der Waals surface area (Å²) in [6.07, 6.45) is -3.38. The highest BCUT2D eigenvalue weighted by atomic mass is 32.2. The molecule has 0 radical (unpaired) electrons. The van der Waals surface area contributed by atoms with Crippen molar-refractivity contribution in [3.63, 3.8) is 0 Å². The molecule has 0 saturated carbocycles. The standard InChI is InChI=1S/C9H20N2O2S.C2HF3O2/c1-9(2,3)11-14(12,13)8-5-4-6-10-7-8;3-2(4,5)1(6)7/h8,10-11H,4-7H2,1-3H3;(H,6,7). The van der Waals surface area contributed by atoms with Gasteiger partial charge < -0.3 is 10.4 Å². The van der Waals surface area contributed by atoms with Crippen molar-refractivity contribution in [2.75, 3.05) is 13.1 Å². The van der Waals surface area contributed by atoms with Gasteiger partial charge in [-0.1, -0.05) is 0 Å². The van der Waals surface area contributed by atoms with E-state index in [-0.39, 0.29) is 10.8 Å². The maximum absolute atomic E-state index is 11.9. The molecule has 126 valence electrons. The van der Waals surface area contributed by atoms with Crippen LogP contribution in [0, 0.1) is 0 Å². The second kappa shape index (κ2) is 7.41. The largest absolute Gasteiger partial charge is 0.490 e. The van der Waals surface area contributed by atoms with E-state index in [0.29, 0.717) is 6.54 Å². The molecule has 1 aliphatic heterocycles. The maximum atomic E-state index is 11.9. The first kappa shape index (κ1) is 20.1. The van der Waals surface area contributed by atoms with Crippen LogP contribution in [0.5, 0.6) is 0 Å². The van der Waals surface area contributed by atoms with Gasteiger partial charge in [0.25, 0.3) is 0 Å². The van der Waals surface area contributed by atoms with Gasteiger partial charge in [-0.05, 0) is 40.2 Å². The lowest BCUT2D eigenvalue weighted by molar-refractivity contribution is -0.192. The Labute approximate surface area is 122 Å². The maximum Gasteiger partial charge on any atom is 0.490 e. The lowest BCUT2D eigenvalue weighted by Crippen LogP contribution is -2.50. The third-order valence-electron chi connectivity index (χ3n) is 2.38. The number of halogens is 3. The topological polar surface area (TPSA) is 95.5 Å². The van der Waals surface area contributed by atoms with Gasteiger partial charge in [0.15, 0.2) is 0 Å². The van der Waals surface area contributed by atoms with E-state index in [1.54, 1.807) is 0 Å². The van der Waals surface area contributed by atoms with Crippen LogP contribution < -0.4 is 10.0 Å². The number of piperidine rings is 1. The average molecular weight is 334 g/mol. The Bertz CT molecular complexity index is 437. The molecule has 0 amide bonds. The smallest absolute Gasteiger partial charge is 0.475 e. The van der Waals surface area contributed by atoms with E-state index < -0.39 is 22.2 Å². The van der Waals surface area contributed by atoms with Crippen LogP contribution in [0.4, 0.5) is 13.2 Å². The number of alkyl halides is 3. The molecule has 1 atom stereocenters. The number of rotatable bonds is 2. The molecule has 0 aromatic heterocycles. The Kier molecular flexibility index (Phi) is 7.10. The zero-order chi connectivity index (χ0) is 16.9. The van der Waals surface area contributed by atoms with E-state index >= 15 is 0 Å². The van der Waals surface area contributed by atoms with E-state index in [1.165, 1.54) is 0 Å². The van der Waals surface area contributed by atoms with Crippen LogP contribution in [0.25, 0.3) is 0 Å². The molecule has 0 bridgehead atoms. The highest BCUT2D eigenvalue weighted by molar-refractivity contribution is 7.90. The van der Waals surface area contributed by atoms with Crippen molar-refractivity contribution in [3.8, 4) is 0 Å². The second-order valence-corrected chi connectivity index (χ2v) is 7.63. The predicted molar refractivity (Wildman–Crippen MR) is 71.4 cm³/mol. The van der Waals surface area contributed by atoms with Gasteiger partial charge in [-0.15, -0.1) is 0 Å². The van der Waals surface area contributed by atoms with Gasteiger partial charge in [0.2, 0.25) is 10.0 Å². The van der Waals surface area contributed by atoms with Gasteiger partial charge in [-0.2, -0.15) is 13.2 Å². The Morgan fingerprint density at radius 1 is 1.29 bits per heavy atom. The number of sulfonamides is 1. The monoisotopic (exact) mass is 334 g/mol. The van der Waals surface area contributed by atoms with Crippen molar-refractivity contribution in [1.82, 2.24) is 10.0 Å². The first-order valence-corrected chi connectivity index (χ1v) is 7.84. The normalized spacial score (nSPS) is 20.4. The van der Waals surface area contributed by atoms with Crippen LogP contribution in [0.2, 0.25) is 0 Å². The highest BCUT2D eigenvalue weighted by Gasteiger charge is 2.38. The van der Waals surface area contributed by atoms with E-state index in [2.05, 4.69) is 10.0 Å². The van der Waals surface area contributed by atoms with E-state index in [1.807, 2.05) is 20.8 Å². The van der Waals surface area contributed by atoms with Crippen LogP contribution in [-0.2, 0) is 14.8 Å². The number of hydrogen-bond donors (Lipinski definition) is 3. The van der Waals surface area contributed by atoms with Crippen molar-refractivity contribution >= 4 is 16.0 Å². The Hall–Kier alpha value is -0.870. The SMILES string of the molecule is CC(C)(C)NS(=O)(=O)C1CCCNC1.O=C(O)C(F)(F)F. The molecule has 0 aromatic rings. The average Bonchev–Trinajstić information content (AvgIpc) is 2.26. The number of aliphatic carboxylic acids is 1. The molecule has 1 fully saturated rings. The molecule has 0 spiro atoms. The van der Waals surface area contributed by atoms with Crippen molar-refractivity contribution in [2.24, 2.45) is 0 Å². The van der Waals surface area contributed by atoms with Crippen LogP contribution in [0.3, 0.4) is 0 Å². The first-order chi connectivity index (χ1) is 9.26. The van der Waals surface area contributed by atoms with E-state index in [4.69, 9.17) is 9.90 Å². The van der Waals surface area contributed by atoms with Crippen LogP contribution in [0.15, 0.2) is 0 Å². The molecule has 1 heterocycles. The molecule has 1 unspecified atom stereocenters. The zero-order valence-electron chi connectivity index (χ0n) is 12.1. The molecule has 1 rings (SSSR count). The summed E-state index contributed by atoms with van der Waals surface area (Å²) < 4.78 is 58.1. The number of hydrogen-bond acceptors (Lipinski definition) is 4. The Morgan fingerprint density at radius 3 is 2.05 bits per heavy atom. The van der Waals surface area contributed by atoms with Crippen LogP contribution in [-0.4, -0.2) is 49.5 Å². The Morgan fingerprint density at radius 2 is 1.76 bits per heavy atom. The van der Waals surface area contributed by atoms with E-state index in [0.717, 1.165) is 19.4 Å². The summed E-state index contributed by atoms with van der Waals surface area (Å²) in [5, 5.41) is 9.96. The number of nitrogens with one attached hydrogen (secondary N) is 2. The minimum Gasteiger partial charge on any atom is -0.475 e. The third kappa shape index (κ3) is 8.89. The minimum atomic E-state index is -5.08. The number of carbonyl (C=O) groups is 1. The minimum absolute atomic E-state index is 0.268. The molecule has 21 heavy (non-hydrogen) atoms. The van der Waals surface area contributed by atoms with Gasteiger partial charge in [0.1, 0.15) is 0 Å². The lowest BCUT2D eigenvalue weighted by Gasteiger charge is -2.27. The molecular formula is C11H21F3N2O4S. The summed E-state index contributed by atoms with van der Waals surface area (Å²) >= 11 is 0. The van der Waals surface area contributed by atoms with Crippen LogP contribution in [0.1, 0.15) is 33.6 Å². The van der Waals surface area contributed by atoms with Gasteiger partial charge in [-0.25, -0.2) is 17.9 Å². The molecule has 1 saturated heterocycles. The number of carboxylic acid groups (broad SMARTS) is 1. The fraction of sp³-hybridized carbons (Fsp3) is 0.909. The number of carboxylic acids is 1. The molecule has 0 aliphatic carbocycles. The lowest BCUT2D eigenvalue weighted by atomic mass is 10.1. The molecule has 10 heteroatoms. The Balaban J connectivity index is 0.000000486. The summed E-state index contributed by atoms with van der Waals surface area (Å²) in [5.41, 5.74) is -0.379. The second-order valence-electron chi connectivity index (χ2n) is 5.67. The van der Waals surface area contributed by atoms with Crippen molar-refractivity contribution < 1.29 is 31.5 Å². The molecule has 3 N–H and O–H groups in total. The molecule has 6 nitrogen and oxygen atoms in total. The van der Waals surface area contributed by atoms with Crippen molar-refractivity contribution in [2.45, 2.75) is 50.6 Å². The summed E-state index contributed by atoms with van der Waals surface area (Å²) in [4.78, 5) is 8.90. The fourth-order valence-electron chi connectivity index (χ4n) is 1.59. The highest BCUT2D eigenvalue weighted by Crippen LogP contribution is 2.14. The molecule has 0 aromatic carbocycles. The van der Waals surface area contributed by atoms with Gasteiger partial charge in [0, 0.05) is 12.1 Å². The molecule has 1 aliphatic rings. The van der Waals surface area contributed by atoms with Crippen molar-refractivity contribution in [1.29, 1.82) is 0 Å². The van der Waals surface area contributed by atoms with Gasteiger partial charge in [0.05, 0.1) is 5.25 Å². The first-order valence-electron chi connectivity index (χ1n) is 6.29. The zero-order valence-corrected chi connectivity index (χ0v) is 12.9. The van der Waals surface area contributed by atoms with Gasteiger partial charge in [-0.3, -0.25) is 0 Å². The van der Waals surface area contributed by atoms with Crippen molar-refractivity contribution in [3.05, 3.63) is 0 Å². The third-order valence-corrected chi connectivity index (χ3v) is 4.56. The predicted octanol–water partition coefficient (Wildman–Crippen LogP) is 1.09. The quantitative estimate of drug-likeness (QED) is 0.703. The van der Waals surface area contributed by atoms with Crippen LogP contribution >= 0.6 is 0 Å². The van der Waals surface area contributed by atoms with Gasteiger partial charge >= 0.3 is 12.1 Å². The van der Waals surface area contributed by atoms with E-state index in [9.17, 15) is 21.6 Å². The summed E-state index contributed by atoms with van der Waals surface area (Å²) in [5.74, 6) is -2.76.